The number of rotatable bonds is 5. The van der Waals surface area contributed by atoms with Crippen LogP contribution >= 0.6 is 0 Å². The first-order valence-electron chi connectivity index (χ1n) is 4.53. The topological polar surface area (TPSA) is 103 Å². The maximum atomic E-state index is 11.4. The van der Waals surface area contributed by atoms with E-state index in [1.807, 2.05) is 0 Å². The van der Waals surface area contributed by atoms with Gasteiger partial charge in [0, 0.05) is 7.11 Å². The normalized spacial score (nSPS) is 12.5. The van der Waals surface area contributed by atoms with Crippen molar-refractivity contribution in [3.63, 3.8) is 0 Å². The number of carbonyl (C=O) groups excluding carboxylic acids is 1. The number of hydrogen-bond acceptors (Lipinski definition) is 6. The molecule has 0 bridgehead atoms. The van der Waals surface area contributed by atoms with Crippen LogP contribution in [0, 0.1) is 0 Å². The molecule has 1 rings (SSSR count). The molecule has 15 heavy (non-hydrogen) atoms. The van der Waals surface area contributed by atoms with Crippen molar-refractivity contribution in [1.82, 2.24) is 15.4 Å². The summed E-state index contributed by atoms with van der Waals surface area (Å²) in [4.78, 5) is 11.4. The van der Waals surface area contributed by atoms with E-state index in [0.29, 0.717) is 5.69 Å². The second kappa shape index (κ2) is 5.42. The van der Waals surface area contributed by atoms with Gasteiger partial charge in [-0.2, -0.15) is 10.3 Å². The zero-order chi connectivity index (χ0) is 11.3. The quantitative estimate of drug-likeness (QED) is 0.648. The predicted molar refractivity (Wildman–Crippen MR) is 51.1 cm³/mol. The fourth-order valence-corrected chi connectivity index (χ4v) is 1.11. The van der Waals surface area contributed by atoms with E-state index in [-0.39, 0.29) is 18.9 Å². The van der Waals surface area contributed by atoms with Gasteiger partial charge in [0.1, 0.15) is 5.69 Å². The van der Waals surface area contributed by atoms with E-state index >= 15 is 0 Å². The molecule has 7 nitrogen and oxygen atoms in total. The molecule has 0 radical (unpaired) electrons. The molecule has 1 aromatic rings. The Morgan fingerprint density at radius 2 is 2.33 bits per heavy atom. The Kier molecular flexibility index (Phi) is 4.19. The van der Waals surface area contributed by atoms with Crippen LogP contribution in [-0.2, 0) is 9.47 Å². The minimum Gasteiger partial charge on any atom is -0.461 e. The third kappa shape index (κ3) is 2.74. The molecule has 0 saturated heterocycles. The van der Waals surface area contributed by atoms with E-state index in [9.17, 15) is 4.79 Å². The summed E-state index contributed by atoms with van der Waals surface area (Å²) in [5.41, 5.74) is 6.20. The van der Waals surface area contributed by atoms with Gasteiger partial charge in [0.15, 0.2) is 5.69 Å². The highest BCUT2D eigenvalue weighted by Crippen LogP contribution is 2.11. The SMILES string of the molecule is CCOC(=O)c1n[nH]nc1C(N)COC. The Morgan fingerprint density at radius 1 is 1.60 bits per heavy atom. The van der Waals surface area contributed by atoms with Crippen LogP contribution < -0.4 is 5.73 Å². The summed E-state index contributed by atoms with van der Waals surface area (Å²) in [5.74, 6) is -0.534. The van der Waals surface area contributed by atoms with Crippen LogP contribution in [0.4, 0.5) is 0 Å². The van der Waals surface area contributed by atoms with Crippen molar-refractivity contribution in [2.75, 3.05) is 20.3 Å². The fraction of sp³-hybridized carbons (Fsp3) is 0.625. The van der Waals surface area contributed by atoms with Crippen LogP contribution in [0.1, 0.15) is 29.1 Å². The summed E-state index contributed by atoms with van der Waals surface area (Å²) >= 11 is 0. The average Bonchev–Trinajstić information content (AvgIpc) is 2.66. The molecular formula is C8H14N4O3. The smallest absolute Gasteiger partial charge is 0.360 e. The van der Waals surface area contributed by atoms with Crippen molar-refractivity contribution in [3.05, 3.63) is 11.4 Å². The Bertz CT molecular complexity index is 325. The van der Waals surface area contributed by atoms with Crippen molar-refractivity contribution < 1.29 is 14.3 Å². The van der Waals surface area contributed by atoms with Gasteiger partial charge >= 0.3 is 5.97 Å². The van der Waals surface area contributed by atoms with Gasteiger partial charge in [-0.25, -0.2) is 4.79 Å². The molecular weight excluding hydrogens is 200 g/mol. The Labute approximate surface area is 86.9 Å². The number of carbonyl (C=O) groups is 1. The maximum Gasteiger partial charge on any atom is 0.360 e. The minimum atomic E-state index is -0.534. The zero-order valence-electron chi connectivity index (χ0n) is 8.69. The molecule has 0 aliphatic carbocycles. The number of esters is 1. The number of nitrogens with two attached hydrogens (primary N) is 1. The van der Waals surface area contributed by atoms with Gasteiger partial charge in [0.2, 0.25) is 0 Å². The monoisotopic (exact) mass is 214 g/mol. The molecule has 84 valence electrons. The Hall–Kier alpha value is -1.47. The lowest BCUT2D eigenvalue weighted by atomic mass is 10.2. The number of nitrogens with zero attached hydrogens (tertiary/aromatic N) is 2. The Balaban J connectivity index is 2.81. The highest BCUT2D eigenvalue weighted by molar-refractivity contribution is 5.88. The van der Waals surface area contributed by atoms with Crippen molar-refractivity contribution >= 4 is 5.97 Å². The summed E-state index contributed by atoms with van der Waals surface area (Å²) in [6.07, 6.45) is 0. The van der Waals surface area contributed by atoms with E-state index in [2.05, 4.69) is 15.4 Å². The van der Waals surface area contributed by atoms with Crippen LogP contribution in [0.3, 0.4) is 0 Å². The number of ether oxygens (including phenoxy) is 2. The molecule has 0 aromatic carbocycles. The molecule has 0 saturated carbocycles. The second-order valence-corrected chi connectivity index (χ2v) is 2.84. The predicted octanol–water partition coefficient (Wildman–Crippen LogP) is -0.372. The lowest BCUT2D eigenvalue weighted by Gasteiger charge is -2.07. The van der Waals surface area contributed by atoms with Crippen LogP contribution in [0.2, 0.25) is 0 Å². The Morgan fingerprint density at radius 3 is 2.93 bits per heavy atom. The van der Waals surface area contributed by atoms with Gasteiger partial charge in [0.05, 0.1) is 19.3 Å². The summed E-state index contributed by atoms with van der Waals surface area (Å²) in [7, 11) is 1.52. The molecule has 0 amide bonds. The first kappa shape index (κ1) is 11.6. The molecule has 1 heterocycles. The summed E-state index contributed by atoms with van der Waals surface area (Å²) in [6, 6.07) is -0.492. The molecule has 0 aliphatic rings. The summed E-state index contributed by atoms with van der Waals surface area (Å²) in [5, 5.41) is 9.83. The molecule has 1 atom stereocenters. The molecule has 0 aliphatic heterocycles. The first-order valence-corrected chi connectivity index (χ1v) is 4.53. The van der Waals surface area contributed by atoms with Gasteiger partial charge in [0.25, 0.3) is 0 Å². The number of aromatic nitrogens is 3. The zero-order valence-corrected chi connectivity index (χ0v) is 8.69. The number of methoxy groups -OCH3 is 1. The summed E-state index contributed by atoms with van der Waals surface area (Å²) < 4.78 is 9.66. The lowest BCUT2D eigenvalue weighted by molar-refractivity contribution is 0.0516. The number of hydrogen-bond donors (Lipinski definition) is 2. The van der Waals surface area contributed by atoms with Gasteiger partial charge in [-0.05, 0) is 6.92 Å². The van der Waals surface area contributed by atoms with Crippen LogP contribution in [0.15, 0.2) is 0 Å². The largest absolute Gasteiger partial charge is 0.461 e. The highest BCUT2D eigenvalue weighted by atomic mass is 16.5. The van der Waals surface area contributed by atoms with E-state index < -0.39 is 12.0 Å². The van der Waals surface area contributed by atoms with Gasteiger partial charge < -0.3 is 15.2 Å². The molecule has 0 spiro atoms. The lowest BCUT2D eigenvalue weighted by Crippen LogP contribution is -2.20. The van der Waals surface area contributed by atoms with Crippen LogP contribution in [0.5, 0.6) is 0 Å². The van der Waals surface area contributed by atoms with E-state index in [0.717, 1.165) is 0 Å². The van der Waals surface area contributed by atoms with Crippen molar-refractivity contribution in [2.24, 2.45) is 5.73 Å². The molecule has 1 unspecified atom stereocenters. The summed E-state index contributed by atoms with van der Waals surface area (Å²) in [6.45, 7) is 2.26. The van der Waals surface area contributed by atoms with E-state index in [1.165, 1.54) is 7.11 Å². The number of aromatic amines is 1. The molecule has 0 fully saturated rings. The molecule has 1 aromatic heterocycles. The van der Waals surface area contributed by atoms with Gasteiger partial charge in [-0.3, -0.25) is 0 Å². The number of H-pyrrole nitrogens is 1. The van der Waals surface area contributed by atoms with Crippen molar-refractivity contribution in [3.8, 4) is 0 Å². The molecule has 3 N–H and O–H groups in total. The highest BCUT2D eigenvalue weighted by Gasteiger charge is 2.22. The average molecular weight is 214 g/mol. The minimum absolute atomic E-state index is 0.112. The van der Waals surface area contributed by atoms with Crippen molar-refractivity contribution in [1.29, 1.82) is 0 Å². The number of nitrogens with one attached hydrogen (secondary N) is 1. The molecule has 7 heteroatoms. The van der Waals surface area contributed by atoms with Crippen LogP contribution in [-0.4, -0.2) is 41.7 Å². The fourth-order valence-electron chi connectivity index (χ4n) is 1.11. The van der Waals surface area contributed by atoms with Gasteiger partial charge in [-0.1, -0.05) is 0 Å². The standard InChI is InChI=1S/C8H14N4O3/c1-3-15-8(13)7-6(10-12-11-7)5(9)4-14-2/h5H,3-4,9H2,1-2H3,(H,10,11,12). The third-order valence-electron chi connectivity index (χ3n) is 1.74. The van der Waals surface area contributed by atoms with Gasteiger partial charge in [-0.15, -0.1) is 5.10 Å². The van der Waals surface area contributed by atoms with E-state index in [1.54, 1.807) is 6.92 Å². The first-order chi connectivity index (χ1) is 7.20. The van der Waals surface area contributed by atoms with E-state index in [4.69, 9.17) is 15.2 Å². The van der Waals surface area contributed by atoms with Crippen LogP contribution in [0.25, 0.3) is 0 Å². The van der Waals surface area contributed by atoms with Crippen molar-refractivity contribution in [2.45, 2.75) is 13.0 Å². The maximum absolute atomic E-state index is 11.4. The second-order valence-electron chi connectivity index (χ2n) is 2.84. The third-order valence-corrected chi connectivity index (χ3v) is 1.74.